The average molecular weight is 366 g/mol. The zero-order valence-corrected chi connectivity index (χ0v) is 15.4. The van der Waals surface area contributed by atoms with Gasteiger partial charge in [-0.25, -0.2) is 0 Å². The molecule has 2 amide bonds. The van der Waals surface area contributed by atoms with E-state index >= 15 is 0 Å². The van der Waals surface area contributed by atoms with Crippen LogP contribution in [0.25, 0.3) is 0 Å². The van der Waals surface area contributed by atoms with Crippen molar-refractivity contribution >= 4 is 17.5 Å². The van der Waals surface area contributed by atoms with Crippen molar-refractivity contribution in [2.75, 3.05) is 11.5 Å². The van der Waals surface area contributed by atoms with Gasteiger partial charge in [0, 0.05) is 24.1 Å². The van der Waals surface area contributed by atoms with Gasteiger partial charge in [0.05, 0.1) is 0 Å². The second kappa shape index (κ2) is 6.30. The topological polar surface area (TPSA) is 81.9 Å². The van der Waals surface area contributed by atoms with E-state index in [9.17, 15) is 9.59 Å². The van der Waals surface area contributed by atoms with Crippen LogP contribution < -0.4 is 20.1 Å². The van der Waals surface area contributed by atoms with Crippen LogP contribution in [0.15, 0.2) is 42.5 Å². The van der Waals surface area contributed by atoms with E-state index < -0.39 is 11.9 Å². The maximum atomic E-state index is 12.9. The smallest absolute Gasteiger partial charge is 0.265 e. The summed E-state index contributed by atoms with van der Waals surface area (Å²) in [4.78, 5) is 26.2. The summed E-state index contributed by atoms with van der Waals surface area (Å²) in [6.07, 6.45) is 1.21. The highest BCUT2D eigenvalue weighted by Gasteiger charge is 2.37. The predicted octanol–water partition coefficient (Wildman–Crippen LogP) is 2.22. The van der Waals surface area contributed by atoms with Crippen molar-refractivity contribution in [1.82, 2.24) is 0 Å². The first-order valence-electron chi connectivity index (χ1n) is 8.99. The van der Waals surface area contributed by atoms with E-state index in [2.05, 4.69) is 0 Å². The van der Waals surface area contributed by atoms with Crippen LogP contribution in [0.1, 0.15) is 25.0 Å². The quantitative estimate of drug-likeness (QED) is 0.900. The SMILES string of the molecule is CC1(C)Cc2cccc(OCC(=O)N3c4ccccc4CC3C(N)=O)c2O1. The second-order valence-corrected chi connectivity index (χ2v) is 7.59. The minimum Gasteiger partial charge on any atom is -0.483 e. The van der Waals surface area contributed by atoms with E-state index in [0.29, 0.717) is 23.6 Å². The van der Waals surface area contributed by atoms with Crippen molar-refractivity contribution in [1.29, 1.82) is 0 Å². The summed E-state index contributed by atoms with van der Waals surface area (Å²) in [6, 6.07) is 12.4. The highest BCUT2D eigenvalue weighted by molar-refractivity contribution is 6.03. The molecule has 0 saturated heterocycles. The Morgan fingerprint density at radius 1 is 1.19 bits per heavy atom. The first-order valence-corrected chi connectivity index (χ1v) is 8.99. The second-order valence-electron chi connectivity index (χ2n) is 7.59. The molecule has 0 fully saturated rings. The fourth-order valence-electron chi connectivity index (χ4n) is 3.83. The Balaban J connectivity index is 1.54. The molecular formula is C21H22N2O4. The monoisotopic (exact) mass is 366 g/mol. The standard InChI is InChI=1S/C21H22N2O4/c1-21(2)11-14-7-5-9-17(19(14)27-21)26-12-18(24)23-15-8-4-3-6-13(15)10-16(23)20(22)25/h3-9,16H,10-12H2,1-2H3,(H2,22,25). The minimum absolute atomic E-state index is 0.196. The molecule has 2 aromatic rings. The maximum Gasteiger partial charge on any atom is 0.265 e. The van der Waals surface area contributed by atoms with Crippen molar-refractivity contribution in [3.8, 4) is 11.5 Å². The normalized spacial score (nSPS) is 19.2. The Labute approximate surface area is 157 Å². The number of hydrogen-bond acceptors (Lipinski definition) is 4. The number of para-hydroxylation sites is 2. The van der Waals surface area contributed by atoms with Gasteiger partial charge >= 0.3 is 0 Å². The Morgan fingerprint density at radius 2 is 1.93 bits per heavy atom. The van der Waals surface area contributed by atoms with Crippen LogP contribution in [0.4, 0.5) is 5.69 Å². The van der Waals surface area contributed by atoms with E-state index in [4.69, 9.17) is 15.2 Å². The molecule has 0 aliphatic carbocycles. The molecule has 27 heavy (non-hydrogen) atoms. The lowest BCUT2D eigenvalue weighted by Crippen LogP contribution is -2.47. The van der Waals surface area contributed by atoms with E-state index in [1.807, 2.05) is 50.2 Å². The number of nitrogens with zero attached hydrogens (tertiary/aromatic N) is 1. The molecule has 2 heterocycles. The predicted molar refractivity (Wildman–Crippen MR) is 101 cm³/mol. The number of carbonyl (C=O) groups excluding carboxylic acids is 2. The molecule has 6 nitrogen and oxygen atoms in total. The third kappa shape index (κ3) is 3.12. The summed E-state index contributed by atoms with van der Waals surface area (Å²) >= 11 is 0. The number of benzene rings is 2. The van der Waals surface area contributed by atoms with Gasteiger partial charge in [0.2, 0.25) is 5.91 Å². The van der Waals surface area contributed by atoms with Gasteiger partial charge in [0.15, 0.2) is 18.1 Å². The lowest BCUT2D eigenvalue weighted by atomic mass is 10.0. The molecular weight excluding hydrogens is 344 g/mol. The average Bonchev–Trinajstić information content (AvgIpc) is 3.16. The Bertz CT molecular complexity index is 922. The summed E-state index contributed by atoms with van der Waals surface area (Å²) in [5.74, 6) is 0.391. The van der Waals surface area contributed by atoms with E-state index in [-0.39, 0.29) is 18.1 Å². The molecule has 2 aliphatic rings. The zero-order valence-electron chi connectivity index (χ0n) is 15.4. The number of amides is 2. The van der Waals surface area contributed by atoms with Crippen LogP contribution in [0.5, 0.6) is 11.5 Å². The van der Waals surface area contributed by atoms with Crippen molar-refractivity contribution in [3.63, 3.8) is 0 Å². The number of anilines is 1. The van der Waals surface area contributed by atoms with Gasteiger partial charge in [0.1, 0.15) is 11.6 Å². The van der Waals surface area contributed by atoms with Crippen LogP contribution in [0, 0.1) is 0 Å². The van der Waals surface area contributed by atoms with Gasteiger partial charge in [0.25, 0.3) is 5.91 Å². The maximum absolute atomic E-state index is 12.9. The first-order chi connectivity index (χ1) is 12.9. The van der Waals surface area contributed by atoms with Gasteiger partial charge in [-0.2, -0.15) is 0 Å². The summed E-state index contributed by atoms with van der Waals surface area (Å²) in [6.45, 7) is 3.83. The molecule has 0 saturated carbocycles. The van der Waals surface area contributed by atoms with Crippen molar-refractivity contribution < 1.29 is 19.1 Å². The third-order valence-corrected chi connectivity index (χ3v) is 4.98. The van der Waals surface area contributed by atoms with Crippen molar-refractivity contribution in [2.45, 2.75) is 38.3 Å². The van der Waals surface area contributed by atoms with E-state index in [0.717, 1.165) is 17.5 Å². The molecule has 1 atom stereocenters. The molecule has 2 aromatic carbocycles. The van der Waals surface area contributed by atoms with E-state index in [1.165, 1.54) is 4.90 Å². The summed E-state index contributed by atoms with van der Waals surface area (Å²) < 4.78 is 11.8. The van der Waals surface area contributed by atoms with Gasteiger partial charge in [-0.3, -0.25) is 14.5 Å². The van der Waals surface area contributed by atoms with Gasteiger partial charge in [-0.15, -0.1) is 0 Å². The van der Waals surface area contributed by atoms with Gasteiger partial charge in [-0.05, 0) is 31.5 Å². The van der Waals surface area contributed by atoms with Crippen LogP contribution in [-0.2, 0) is 22.4 Å². The fourth-order valence-corrected chi connectivity index (χ4v) is 3.83. The fraction of sp³-hybridized carbons (Fsp3) is 0.333. The number of nitrogens with two attached hydrogens (primary N) is 1. The Hall–Kier alpha value is -3.02. The molecule has 6 heteroatoms. The van der Waals surface area contributed by atoms with Crippen LogP contribution in [0.3, 0.4) is 0 Å². The number of hydrogen-bond donors (Lipinski definition) is 1. The minimum atomic E-state index is -0.685. The zero-order chi connectivity index (χ0) is 19.2. The molecule has 0 bridgehead atoms. The molecule has 1 unspecified atom stereocenters. The number of fused-ring (bicyclic) bond motifs is 2. The molecule has 2 aliphatic heterocycles. The number of rotatable bonds is 4. The molecule has 0 aromatic heterocycles. The highest BCUT2D eigenvalue weighted by Crippen LogP contribution is 2.42. The molecule has 140 valence electrons. The summed E-state index contributed by atoms with van der Waals surface area (Å²) in [5.41, 5.74) is 7.93. The lowest BCUT2D eigenvalue weighted by Gasteiger charge is -2.23. The Morgan fingerprint density at radius 3 is 2.70 bits per heavy atom. The molecule has 2 N–H and O–H groups in total. The van der Waals surface area contributed by atoms with Crippen molar-refractivity contribution in [2.24, 2.45) is 5.73 Å². The molecule has 0 spiro atoms. The number of primary amides is 1. The van der Waals surface area contributed by atoms with Crippen molar-refractivity contribution in [3.05, 3.63) is 53.6 Å². The number of ether oxygens (including phenoxy) is 2. The third-order valence-electron chi connectivity index (χ3n) is 4.98. The lowest BCUT2D eigenvalue weighted by molar-refractivity contribution is -0.125. The largest absolute Gasteiger partial charge is 0.483 e. The van der Waals surface area contributed by atoms with Crippen LogP contribution in [0.2, 0.25) is 0 Å². The summed E-state index contributed by atoms with van der Waals surface area (Å²) in [7, 11) is 0. The Kier molecular flexibility index (Phi) is 4.06. The first kappa shape index (κ1) is 17.4. The number of carbonyl (C=O) groups is 2. The highest BCUT2D eigenvalue weighted by atomic mass is 16.5. The van der Waals surface area contributed by atoms with E-state index in [1.54, 1.807) is 6.07 Å². The van der Waals surface area contributed by atoms with Crippen LogP contribution >= 0.6 is 0 Å². The van der Waals surface area contributed by atoms with Gasteiger partial charge in [-0.1, -0.05) is 30.3 Å². The molecule has 0 radical (unpaired) electrons. The molecule has 4 rings (SSSR count). The van der Waals surface area contributed by atoms with Crippen LogP contribution in [-0.4, -0.2) is 30.1 Å². The summed E-state index contributed by atoms with van der Waals surface area (Å²) in [5, 5.41) is 0. The van der Waals surface area contributed by atoms with Gasteiger partial charge < -0.3 is 15.2 Å².